The van der Waals surface area contributed by atoms with Gasteiger partial charge in [-0.2, -0.15) is 0 Å². The zero-order valence-corrected chi connectivity index (χ0v) is 16.7. The summed E-state index contributed by atoms with van der Waals surface area (Å²) >= 11 is 0. The molecule has 5 heteroatoms. The van der Waals surface area contributed by atoms with E-state index in [4.69, 9.17) is 4.99 Å². The lowest BCUT2D eigenvalue weighted by molar-refractivity contribution is 0.520. The summed E-state index contributed by atoms with van der Waals surface area (Å²) in [6.07, 6.45) is 0. The van der Waals surface area contributed by atoms with E-state index in [1.54, 1.807) is 12.1 Å². The number of aliphatic imine (C=N–C) groups is 1. The Morgan fingerprint density at radius 1 is 0.857 bits per heavy atom. The van der Waals surface area contributed by atoms with Crippen LogP contribution in [-0.4, -0.2) is 25.1 Å². The summed E-state index contributed by atoms with van der Waals surface area (Å²) < 4.78 is 28.4. The largest absolute Gasteiger partial charge is 0.265 e. The zero-order chi connectivity index (χ0) is 19.7. The Balaban J connectivity index is 1.82. The molecule has 0 N–H and O–H groups in total. The number of benzene rings is 3. The Morgan fingerprint density at radius 2 is 1.50 bits per heavy atom. The average Bonchev–Trinajstić information content (AvgIpc) is 3.15. The first kappa shape index (κ1) is 18.4. The number of hydrogen-bond acceptors (Lipinski definition) is 3. The summed E-state index contributed by atoms with van der Waals surface area (Å²) in [5.41, 5.74) is 3.88. The molecule has 0 fully saturated rings. The van der Waals surface area contributed by atoms with Crippen molar-refractivity contribution in [3.05, 3.63) is 101 Å². The molecule has 0 radical (unpaired) electrons. The van der Waals surface area contributed by atoms with Crippen LogP contribution in [0.15, 0.2) is 88.8 Å². The van der Waals surface area contributed by atoms with Crippen LogP contribution in [0.25, 0.3) is 0 Å². The van der Waals surface area contributed by atoms with Gasteiger partial charge in [0.25, 0.3) is 10.0 Å². The molecule has 3 aromatic carbocycles. The lowest BCUT2D eigenvalue weighted by atomic mass is 10.1. The van der Waals surface area contributed by atoms with E-state index in [0.29, 0.717) is 12.4 Å². The fraction of sp³-hybridized carbons (Fsp3) is 0.174. The first-order chi connectivity index (χ1) is 13.5. The number of sulfonamides is 1. The highest BCUT2D eigenvalue weighted by Crippen LogP contribution is 2.32. The minimum absolute atomic E-state index is 0.226. The van der Waals surface area contributed by atoms with Crippen molar-refractivity contribution in [2.75, 3.05) is 6.54 Å². The molecule has 4 rings (SSSR count). The second-order valence-corrected chi connectivity index (χ2v) is 8.91. The average molecular weight is 391 g/mol. The molecular formula is C23H22N2O2S. The van der Waals surface area contributed by atoms with E-state index in [9.17, 15) is 8.42 Å². The Kier molecular flexibility index (Phi) is 4.77. The molecule has 1 atom stereocenters. The highest BCUT2D eigenvalue weighted by Gasteiger charge is 2.36. The molecule has 1 unspecified atom stereocenters. The predicted octanol–water partition coefficient (Wildman–Crippen LogP) is 4.50. The molecule has 0 aromatic heterocycles. The molecule has 0 saturated heterocycles. The topological polar surface area (TPSA) is 49.7 Å². The molecule has 142 valence electrons. The normalized spacial score (nSPS) is 16.9. The van der Waals surface area contributed by atoms with Gasteiger partial charge in [0, 0.05) is 5.56 Å². The lowest BCUT2D eigenvalue weighted by Crippen LogP contribution is -2.35. The second kappa shape index (κ2) is 7.24. The van der Waals surface area contributed by atoms with Crippen LogP contribution in [0.2, 0.25) is 0 Å². The van der Waals surface area contributed by atoms with Crippen LogP contribution in [-0.2, 0) is 10.0 Å². The summed E-state index contributed by atoms with van der Waals surface area (Å²) in [7, 11) is -3.71. The Morgan fingerprint density at radius 3 is 2.18 bits per heavy atom. The number of amidine groups is 1. The minimum Gasteiger partial charge on any atom is -0.257 e. The first-order valence-corrected chi connectivity index (χ1v) is 10.7. The summed E-state index contributed by atoms with van der Waals surface area (Å²) in [6, 6.07) is 24.4. The molecule has 28 heavy (non-hydrogen) atoms. The zero-order valence-electron chi connectivity index (χ0n) is 15.9. The second-order valence-electron chi connectivity index (χ2n) is 7.04. The SMILES string of the molecule is Cc1ccc(S(=O)(=O)N2CC(c3ccccc3)N=C2c2ccccc2C)cc1. The van der Waals surface area contributed by atoms with Gasteiger partial charge in [-0.05, 0) is 37.1 Å². The van der Waals surface area contributed by atoms with Crippen molar-refractivity contribution < 1.29 is 8.42 Å². The fourth-order valence-corrected chi connectivity index (χ4v) is 4.87. The number of aryl methyl sites for hydroxylation is 2. The lowest BCUT2D eigenvalue weighted by Gasteiger charge is -2.22. The summed E-state index contributed by atoms with van der Waals surface area (Å²) in [5, 5.41) is 0. The molecule has 1 aliphatic heterocycles. The molecule has 1 heterocycles. The van der Waals surface area contributed by atoms with Gasteiger partial charge in [0.15, 0.2) is 0 Å². The van der Waals surface area contributed by atoms with Crippen LogP contribution in [0.5, 0.6) is 0 Å². The van der Waals surface area contributed by atoms with E-state index in [-0.39, 0.29) is 10.9 Å². The van der Waals surface area contributed by atoms with Crippen LogP contribution >= 0.6 is 0 Å². The smallest absolute Gasteiger partial charge is 0.257 e. The van der Waals surface area contributed by atoms with Gasteiger partial charge in [-0.3, -0.25) is 4.99 Å². The quantitative estimate of drug-likeness (QED) is 0.659. The number of hydrogen-bond donors (Lipinski definition) is 0. The Hall–Kier alpha value is -2.92. The van der Waals surface area contributed by atoms with Crippen molar-refractivity contribution in [1.29, 1.82) is 0 Å². The predicted molar refractivity (Wildman–Crippen MR) is 112 cm³/mol. The van der Waals surface area contributed by atoms with Crippen LogP contribution < -0.4 is 0 Å². The Labute approximate surface area is 166 Å². The molecule has 0 spiro atoms. The van der Waals surface area contributed by atoms with Gasteiger partial charge in [0.1, 0.15) is 5.84 Å². The molecule has 0 amide bonds. The van der Waals surface area contributed by atoms with E-state index in [1.165, 1.54) is 4.31 Å². The molecule has 4 nitrogen and oxygen atoms in total. The van der Waals surface area contributed by atoms with E-state index >= 15 is 0 Å². The van der Waals surface area contributed by atoms with Gasteiger partial charge in [-0.15, -0.1) is 0 Å². The highest BCUT2D eigenvalue weighted by molar-refractivity contribution is 7.89. The summed E-state index contributed by atoms with van der Waals surface area (Å²) in [6.45, 7) is 4.21. The van der Waals surface area contributed by atoms with Gasteiger partial charge in [-0.1, -0.05) is 72.3 Å². The molecular weight excluding hydrogens is 368 g/mol. The third kappa shape index (κ3) is 3.34. The van der Waals surface area contributed by atoms with Crippen LogP contribution in [0, 0.1) is 13.8 Å². The van der Waals surface area contributed by atoms with Crippen molar-refractivity contribution in [3.63, 3.8) is 0 Å². The van der Waals surface area contributed by atoms with Gasteiger partial charge in [0.05, 0.1) is 17.5 Å². The molecule has 0 aliphatic carbocycles. The summed E-state index contributed by atoms with van der Waals surface area (Å²) in [5.74, 6) is 0.507. The Bertz CT molecular complexity index is 1120. The molecule has 0 bridgehead atoms. The van der Waals surface area contributed by atoms with Crippen molar-refractivity contribution >= 4 is 15.9 Å². The standard InChI is InChI=1S/C23H22N2O2S/c1-17-12-14-20(15-13-17)28(26,27)25-16-22(19-9-4-3-5-10-19)24-23(25)21-11-7-6-8-18(21)2/h3-15,22H,16H2,1-2H3. The van der Waals surface area contributed by atoms with Gasteiger partial charge >= 0.3 is 0 Å². The van der Waals surface area contributed by atoms with Gasteiger partial charge < -0.3 is 0 Å². The van der Waals surface area contributed by atoms with Crippen molar-refractivity contribution in [3.8, 4) is 0 Å². The third-order valence-corrected chi connectivity index (χ3v) is 6.80. The minimum atomic E-state index is -3.71. The maximum atomic E-state index is 13.5. The molecule has 1 aliphatic rings. The van der Waals surface area contributed by atoms with E-state index in [0.717, 1.165) is 22.3 Å². The number of rotatable bonds is 4. The van der Waals surface area contributed by atoms with E-state index in [1.807, 2.05) is 80.6 Å². The van der Waals surface area contributed by atoms with Crippen molar-refractivity contribution in [2.24, 2.45) is 4.99 Å². The molecule has 3 aromatic rings. The van der Waals surface area contributed by atoms with Crippen LogP contribution in [0.1, 0.15) is 28.3 Å². The maximum Gasteiger partial charge on any atom is 0.265 e. The maximum absolute atomic E-state index is 13.5. The van der Waals surface area contributed by atoms with Gasteiger partial charge in [0.2, 0.25) is 0 Å². The first-order valence-electron chi connectivity index (χ1n) is 9.25. The van der Waals surface area contributed by atoms with Crippen LogP contribution in [0.4, 0.5) is 0 Å². The van der Waals surface area contributed by atoms with Crippen LogP contribution in [0.3, 0.4) is 0 Å². The van der Waals surface area contributed by atoms with Crippen molar-refractivity contribution in [2.45, 2.75) is 24.8 Å². The van der Waals surface area contributed by atoms with Crippen molar-refractivity contribution in [1.82, 2.24) is 4.31 Å². The summed E-state index contributed by atoms with van der Waals surface area (Å²) in [4.78, 5) is 5.13. The highest BCUT2D eigenvalue weighted by atomic mass is 32.2. The monoisotopic (exact) mass is 390 g/mol. The van der Waals surface area contributed by atoms with E-state index < -0.39 is 10.0 Å². The number of nitrogens with zero attached hydrogens (tertiary/aromatic N) is 2. The molecule has 0 saturated carbocycles. The van der Waals surface area contributed by atoms with Gasteiger partial charge in [-0.25, -0.2) is 12.7 Å². The van der Waals surface area contributed by atoms with E-state index in [2.05, 4.69) is 0 Å². The third-order valence-electron chi connectivity index (χ3n) is 5.03. The fourth-order valence-electron chi connectivity index (χ4n) is 3.43.